The van der Waals surface area contributed by atoms with Crippen molar-refractivity contribution in [3.8, 4) is 0 Å². The molecule has 128 valence electrons. The van der Waals surface area contributed by atoms with Crippen molar-refractivity contribution < 1.29 is 0 Å². The van der Waals surface area contributed by atoms with Crippen molar-refractivity contribution >= 4 is 10.9 Å². The van der Waals surface area contributed by atoms with Crippen LogP contribution >= 0.6 is 0 Å². The molecule has 2 aromatic carbocycles. The fourth-order valence-electron chi connectivity index (χ4n) is 4.05. The first kappa shape index (κ1) is 16.7. The molecule has 0 nitrogen and oxygen atoms in total. The highest BCUT2D eigenvalue weighted by Gasteiger charge is 2.30. The quantitative estimate of drug-likeness (QED) is 0.412. The van der Waals surface area contributed by atoms with Gasteiger partial charge in [-0.1, -0.05) is 61.7 Å². The van der Waals surface area contributed by atoms with Crippen LogP contribution in [0.4, 0.5) is 0 Å². The Balaban J connectivity index is 1.64. The molecule has 0 saturated heterocycles. The first-order valence-corrected chi connectivity index (χ1v) is 10.9. The third kappa shape index (κ3) is 3.93. The topological polar surface area (TPSA) is 0 Å². The summed E-state index contributed by atoms with van der Waals surface area (Å²) in [6.45, 7) is 0. The van der Waals surface area contributed by atoms with E-state index >= 15 is 0 Å². The standard InChI is InChI=1S/C24H27S/c1-4-10-20(11-5-1)21-16-18-24(19-17-21)25(22-12-6-2-7-13-22)23-14-8-3-9-15-23/h2-3,6-8,12-13,15-20H,1,4-5,9-11,14H2/q+1. The SMILES string of the molecule is C1=CCC([S+](c2ccccc2)c2ccc(C3CCCCC3)cc2)=CC1. The summed E-state index contributed by atoms with van der Waals surface area (Å²) in [4.78, 5) is 4.47. The maximum atomic E-state index is 2.44. The van der Waals surface area contributed by atoms with Gasteiger partial charge in [-0.25, -0.2) is 0 Å². The van der Waals surface area contributed by atoms with Crippen LogP contribution in [-0.4, -0.2) is 0 Å². The van der Waals surface area contributed by atoms with Crippen molar-refractivity contribution in [2.45, 2.75) is 60.7 Å². The number of benzene rings is 2. The molecule has 0 bridgehead atoms. The Bertz CT molecular complexity index is 733. The third-order valence-electron chi connectivity index (χ3n) is 5.40. The van der Waals surface area contributed by atoms with Crippen molar-refractivity contribution in [1.29, 1.82) is 0 Å². The van der Waals surface area contributed by atoms with Gasteiger partial charge in [-0.3, -0.25) is 0 Å². The van der Waals surface area contributed by atoms with Gasteiger partial charge in [-0.05, 0) is 61.1 Å². The first-order valence-electron chi connectivity index (χ1n) is 9.65. The van der Waals surface area contributed by atoms with Crippen molar-refractivity contribution in [3.63, 3.8) is 0 Å². The Kier molecular flexibility index (Phi) is 5.42. The zero-order valence-electron chi connectivity index (χ0n) is 14.9. The molecule has 0 N–H and O–H groups in total. The van der Waals surface area contributed by atoms with Crippen LogP contribution in [0.5, 0.6) is 0 Å². The Morgan fingerprint density at radius 3 is 2.12 bits per heavy atom. The van der Waals surface area contributed by atoms with Crippen LogP contribution in [0.1, 0.15) is 56.4 Å². The number of allylic oxidation sites excluding steroid dienone is 4. The summed E-state index contributed by atoms with van der Waals surface area (Å²) in [5.74, 6) is 0.790. The lowest BCUT2D eigenvalue weighted by atomic mass is 9.84. The van der Waals surface area contributed by atoms with E-state index in [1.807, 2.05) is 0 Å². The van der Waals surface area contributed by atoms with Crippen molar-refractivity contribution in [1.82, 2.24) is 0 Å². The molecule has 2 aliphatic rings. The third-order valence-corrected chi connectivity index (χ3v) is 7.75. The van der Waals surface area contributed by atoms with Gasteiger partial charge in [-0.15, -0.1) is 0 Å². The van der Waals surface area contributed by atoms with Gasteiger partial charge >= 0.3 is 0 Å². The van der Waals surface area contributed by atoms with E-state index in [4.69, 9.17) is 0 Å². The molecule has 0 amide bonds. The molecule has 0 heterocycles. The molecule has 1 atom stereocenters. The average molecular weight is 348 g/mol. The Morgan fingerprint density at radius 1 is 0.720 bits per heavy atom. The van der Waals surface area contributed by atoms with Crippen LogP contribution in [0.2, 0.25) is 0 Å². The second kappa shape index (κ2) is 8.10. The van der Waals surface area contributed by atoms with Gasteiger partial charge in [-0.2, -0.15) is 0 Å². The maximum absolute atomic E-state index is 2.44. The summed E-state index contributed by atoms with van der Waals surface area (Å²) < 4.78 is 0. The van der Waals surface area contributed by atoms with Crippen LogP contribution in [0.25, 0.3) is 0 Å². The normalized spacial score (nSPS) is 19.4. The lowest BCUT2D eigenvalue weighted by Gasteiger charge is -2.22. The monoisotopic (exact) mass is 347 g/mol. The minimum Gasteiger partial charge on any atom is -0.0841 e. The molecule has 0 aliphatic heterocycles. The van der Waals surface area contributed by atoms with Gasteiger partial charge in [0.15, 0.2) is 9.79 Å². The fourth-order valence-corrected chi connectivity index (χ4v) is 6.29. The summed E-state index contributed by atoms with van der Waals surface area (Å²) in [6, 6.07) is 20.7. The molecule has 0 radical (unpaired) electrons. The molecule has 1 heteroatoms. The van der Waals surface area contributed by atoms with Gasteiger partial charge < -0.3 is 0 Å². The summed E-state index contributed by atoms with van der Waals surface area (Å²) in [6.07, 6.45) is 16.2. The van der Waals surface area contributed by atoms with Gasteiger partial charge in [0.05, 0.1) is 10.9 Å². The molecular weight excluding hydrogens is 320 g/mol. The van der Waals surface area contributed by atoms with E-state index in [9.17, 15) is 0 Å². The molecule has 0 aromatic heterocycles. The van der Waals surface area contributed by atoms with Crippen LogP contribution in [0, 0.1) is 0 Å². The van der Waals surface area contributed by atoms with Crippen molar-refractivity contribution in [2.24, 2.45) is 0 Å². The highest BCUT2D eigenvalue weighted by Crippen LogP contribution is 2.36. The molecule has 2 aromatic rings. The van der Waals surface area contributed by atoms with Crippen LogP contribution in [-0.2, 0) is 10.9 Å². The zero-order valence-corrected chi connectivity index (χ0v) is 15.7. The number of hydrogen-bond donors (Lipinski definition) is 0. The van der Waals surface area contributed by atoms with Crippen LogP contribution in [0.3, 0.4) is 0 Å². The minimum atomic E-state index is 0.0590. The fraction of sp³-hybridized carbons (Fsp3) is 0.333. The largest absolute Gasteiger partial charge is 0.166 e. The predicted octanol–water partition coefficient (Wildman–Crippen LogP) is 7.00. The van der Waals surface area contributed by atoms with Crippen molar-refractivity contribution in [2.75, 3.05) is 0 Å². The minimum absolute atomic E-state index is 0.0590. The summed E-state index contributed by atoms with van der Waals surface area (Å²) in [5.41, 5.74) is 1.55. The van der Waals surface area contributed by atoms with Crippen LogP contribution in [0.15, 0.2) is 87.5 Å². The molecule has 25 heavy (non-hydrogen) atoms. The van der Waals surface area contributed by atoms with Gasteiger partial charge in [0.25, 0.3) is 0 Å². The summed E-state index contributed by atoms with van der Waals surface area (Å²) in [7, 11) is 0.0590. The highest BCUT2D eigenvalue weighted by atomic mass is 32.2. The Hall–Kier alpha value is -1.73. The van der Waals surface area contributed by atoms with E-state index in [1.54, 1.807) is 10.5 Å². The Labute approximate surface area is 155 Å². The van der Waals surface area contributed by atoms with E-state index in [0.29, 0.717) is 0 Å². The number of rotatable bonds is 4. The average Bonchev–Trinajstić information content (AvgIpc) is 2.71. The molecular formula is C24H27S+. The first-order chi connectivity index (χ1) is 12.4. The lowest BCUT2D eigenvalue weighted by Crippen LogP contribution is -2.09. The van der Waals surface area contributed by atoms with Gasteiger partial charge in [0, 0.05) is 6.42 Å². The second-order valence-electron chi connectivity index (χ2n) is 7.10. The van der Waals surface area contributed by atoms with Crippen LogP contribution < -0.4 is 0 Å². The van der Waals surface area contributed by atoms with Gasteiger partial charge in [0.1, 0.15) is 4.91 Å². The predicted molar refractivity (Wildman–Crippen MR) is 109 cm³/mol. The van der Waals surface area contributed by atoms with E-state index in [2.05, 4.69) is 72.8 Å². The smallest absolute Gasteiger partial charge is 0.0841 e. The molecule has 1 fully saturated rings. The zero-order chi connectivity index (χ0) is 16.9. The molecule has 4 rings (SSSR count). The second-order valence-corrected chi connectivity index (χ2v) is 9.18. The Morgan fingerprint density at radius 2 is 1.44 bits per heavy atom. The van der Waals surface area contributed by atoms with E-state index in [1.165, 1.54) is 41.9 Å². The highest BCUT2D eigenvalue weighted by molar-refractivity contribution is 8.00. The van der Waals surface area contributed by atoms with E-state index in [-0.39, 0.29) is 10.9 Å². The summed E-state index contributed by atoms with van der Waals surface area (Å²) >= 11 is 0. The maximum Gasteiger partial charge on any atom is 0.166 e. The number of hydrogen-bond acceptors (Lipinski definition) is 0. The molecule has 1 saturated carbocycles. The lowest BCUT2D eigenvalue weighted by molar-refractivity contribution is 0.443. The van der Waals surface area contributed by atoms with Gasteiger partial charge in [0.2, 0.25) is 0 Å². The molecule has 2 aliphatic carbocycles. The van der Waals surface area contributed by atoms with Crippen molar-refractivity contribution in [3.05, 3.63) is 83.3 Å². The van der Waals surface area contributed by atoms with E-state index < -0.39 is 0 Å². The molecule has 0 spiro atoms. The molecule has 1 unspecified atom stereocenters. The summed E-state index contributed by atoms with van der Waals surface area (Å²) in [5, 5.41) is 0. The van der Waals surface area contributed by atoms with E-state index in [0.717, 1.165) is 18.8 Å².